The minimum atomic E-state index is -0.867. The van der Waals surface area contributed by atoms with Crippen LogP contribution in [0.2, 0.25) is 0 Å². The molecule has 3 N–H and O–H groups in total. The predicted octanol–water partition coefficient (Wildman–Crippen LogP) is 3.04. The van der Waals surface area contributed by atoms with Crippen molar-refractivity contribution in [1.82, 2.24) is 15.6 Å². The fourth-order valence-corrected chi connectivity index (χ4v) is 3.30. The van der Waals surface area contributed by atoms with E-state index in [0.29, 0.717) is 19.4 Å². The minimum Gasteiger partial charge on any atom is -0.481 e. The number of rotatable bonds is 8. The van der Waals surface area contributed by atoms with Crippen LogP contribution in [0.5, 0.6) is 0 Å². The van der Waals surface area contributed by atoms with Crippen molar-refractivity contribution in [1.29, 1.82) is 0 Å². The third-order valence-corrected chi connectivity index (χ3v) is 4.91. The van der Waals surface area contributed by atoms with Crippen LogP contribution in [0.15, 0.2) is 30.3 Å². The van der Waals surface area contributed by atoms with Gasteiger partial charge in [-0.2, -0.15) is 0 Å². The number of carboxylic acids is 1. The number of aryl methyl sites for hydroxylation is 2. The third-order valence-electron chi connectivity index (χ3n) is 3.84. The number of carboxylic acid groups (broad SMARTS) is 1. The van der Waals surface area contributed by atoms with Gasteiger partial charge in [0.2, 0.25) is 0 Å². The van der Waals surface area contributed by atoms with Crippen molar-refractivity contribution in [3.05, 3.63) is 51.5 Å². The van der Waals surface area contributed by atoms with E-state index in [4.69, 9.17) is 5.11 Å². The Kier molecular flexibility index (Phi) is 6.94. The van der Waals surface area contributed by atoms with Crippen molar-refractivity contribution in [2.24, 2.45) is 0 Å². The summed E-state index contributed by atoms with van der Waals surface area (Å²) < 4.78 is 0. The van der Waals surface area contributed by atoms with Crippen LogP contribution in [-0.2, 0) is 17.8 Å². The Hall–Kier alpha value is -2.41. The van der Waals surface area contributed by atoms with Gasteiger partial charge >= 0.3 is 12.0 Å². The lowest BCUT2D eigenvalue weighted by Gasteiger charge is -2.18. The van der Waals surface area contributed by atoms with Gasteiger partial charge in [-0.1, -0.05) is 30.3 Å². The molecule has 0 radical (unpaired) electrons. The average Bonchev–Trinajstić information content (AvgIpc) is 2.90. The lowest BCUT2D eigenvalue weighted by molar-refractivity contribution is -0.137. The van der Waals surface area contributed by atoms with Gasteiger partial charge < -0.3 is 15.7 Å². The molecule has 2 rings (SSSR count). The minimum absolute atomic E-state index is 0.0165. The van der Waals surface area contributed by atoms with Crippen LogP contribution in [-0.4, -0.2) is 28.1 Å². The standard InChI is InChI=1S/C18H23N3O3S/c1-12-13(2)25-16(20-12)11-19-18(24)21-15(8-9-17(22)23)10-14-6-4-3-5-7-14/h3-7,15H,8-11H2,1-2H3,(H,22,23)(H2,19,21,24). The van der Waals surface area contributed by atoms with Crippen LogP contribution in [0, 0.1) is 13.8 Å². The molecule has 0 saturated heterocycles. The molecule has 7 heteroatoms. The van der Waals surface area contributed by atoms with E-state index in [2.05, 4.69) is 15.6 Å². The molecule has 1 atom stereocenters. The van der Waals surface area contributed by atoms with Crippen LogP contribution in [0.25, 0.3) is 0 Å². The molecule has 2 aromatic rings. The Balaban J connectivity index is 1.89. The van der Waals surface area contributed by atoms with E-state index in [1.807, 2.05) is 44.2 Å². The van der Waals surface area contributed by atoms with Gasteiger partial charge in [-0.3, -0.25) is 4.79 Å². The second-order valence-corrected chi connectivity index (χ2v) is 7.18. The van der Waals surface area contributed by atoms with E-state index in [1.54, 1.807) is 11.3 Å². The van der Waals surface area contributed by atoms with Gasteiger partial charge in [0.05, 0.1) is 12.2 Å². The van der Waals surface area contributed by atoms with Crippen molar-refractivity contribution < 1.29 is 14.7 Å². The number of aromatic nitrogens is 1. The maximum Gasteiger partial charge on any atom is 0.315 e. The molecule has 0 spiro atoms. The van der Waals surface area contributed by atoms with E-state index < -0.39 is 5.97 Å². The van der Waals surface area contributed by atoms with Gasteiger partial charge in [0.25, 0.3) is 0 Å². The second kappa shape index (κ2) is 9.17. The van der Waals surface area contributed by atoms with Gasteiger partial charge in [0, 0.05) is 17.3 Å². The van der Waals surface area contributed by atoms with Crippen molar-refractivity contribution in [3.8, 4) is 0 Å². The Morgan fingerprint density at radius 1 is 1.24 bits per heavy atom. The predicted molar refractivity (Wildman–Crippen MR) is 97.8 cm³/mol. The zero-order chi connectivity index (χ0) is 18.2. The van der Waals surface area contributed by atoms with E-state index in [9.17, 15) is 9.59 Å². The lowest BCUT2D eigenvalue weighted by Crippen LogP contribution is -2.43. The zero-order valence-corrected chi connectivity index (χ0v) is 15.2. The monoisotopic (exact) mass is 361 g/mol. The Bertz CT molecular complexity index is 696. The molecule has 2 amide bonds. The normalized spacial score (nSPS) is 11.8. The first-order chi connectivity index (χ1) is 11.9. The Morgan fingerprint density at radius 2 is 1.96 bits per heavy atom. The average molecular weight is 361 g/mol. The van der Waals surface area contributed by atoms with Crippen molar-refractivity contribution in [2.75, 3.05) is 0 Å². The summed E-state index contributed by atoms with van der Waals surface area (Å²) in [6.45, 7) is 4.30. The number of urea groups is 1. The van der Waals surface area contributed by atoms with Crippen molar-refractivity contribution >= 4 is 23.3 Å². The van der Waals surface area contributed by atoms with Crippen LogP contribution in [0.4, 0.5) is 4.79 Å². The van der Waals surface area contributed by atoms with E-state index >= 15 is 0 Å². The molecule has 1 unspecified atom stereocenters. The first kappa shape index (κ1) is 18.9. The summed E-state index contributed by atoms with van der Waals surface area (Å²) in [6, 6.07) is 9.17. The number of carbonyl (C=O) groups is 2. The number of carbonyl (C=O) groups excluding carboxylic acids is 1. The molecular weight excluding hydrogens is 338 g/mol. The number of amides is 2. The van der Waals surface area contributed by atoms with Gasteiger partial charge in [0.15, 0.2) is 0 Å². The summed E-state index contributed by atoms with van der Waals surface area (Å²) in [6.07, 6.45) is 0.993. The van der Waals surface area contributed by atoms with E-state index in [-0.39, 0.29) is 18.5 Å². The molecule has 0 bridgehead atoms. The molecular formula is C18H23N3O3S. The first-order valence-corrected chi connectivity index (χ1v) is 8.98. The number of nitrogens with one attached hydrogen (secondary N) is 2. The van der Waals surface area contributed by atoms with Gasteiger partial charge in [-0.15, -0.1) is 11.3 Å². The number of aliphatic carboxylic acids is 1. The molecule has 6 nitrogen and oxygen atoms in total. The molecule has 1 aromatic heterocycles. The summed E-state index contributed by atoms with van der Waals surface area (Å²) in [4.78, 5) is 28.5. The van der Waals surface area contributed by atoms with Crippen LogP contribution < -0.4 is 10.6 Å². The maximum atomic E-state index is 12.2. The summed E-state index contributed by atoms with van der Waals surface area (Å²) in [5.41, 5.74) is 2.04. The van der Waals surface area contributed by atoms with Crippen LogP contribution in [0.3, 0.4) is 0 Å². The highest BCUT2D eigenvalue weighted by Crippen LogP contribution is 2.16. The maximum absolute atomic E-state index is 12.2. The highest BCUT2D eigenvalue weighted by atomic mass is 32.1. The van der Waals surface area contributed by atoms with Crippen LogP contribution in [0.1, 0.15) is 34.0 Å². The Labute approximate surface area is 151 Å². The third kappa shape index (κ3) is 6.54. The lowest BCUT2D eigenvalue weighted by atomic mass is 10.0. The molecule has 25 heavy (non-hydrogen) atoms. The smallest absolute Gasteiger partial charge is 0.315 e. The number of hydrogen-bond donors (Lipinski definition) is 3. The van der Waals surface area contributed by atoms with Crippen molar-refractivity contribution in [2.45, 2.75) is 45.7 Å². The summed E-state index contributed by atoms with van der Waals surface area (Å²) in [7, 11) is 0. The molecule has 134 valence electrons. The molecule has 0 aliphatic rings. The fourth-order valence-electron chi connectivity index (χ4n) is 2.43. The first-order valence-electron chi connectivity index (χ1n) is 8.17. The number of nitrogens with zero attached hydrogens (tertiary/aromatic N) is 1. The Morgan fingerprint density at radius 3 is 2.56 bits per heavy atom. The topological polar surface area (TPSA) is 91.3 Å². The summed E-state index contributed by atoms with van der Waals surface area (Å²) in [5.74, 6) is -0.867. The van der Waals surface area contributed by atoms with E-state index in [1.165, 1.54) is 0 Å². The molecule has 0 aliphatic heterocycles. The zero-order valence-electron chi connectivity index (χ0n) is 14.4. The largest absolute Gasteiger partial charge is 0.481 e. The quantitative estimate of drug-likeness (QED) is 0.674. The summed E-state index contributed by atoms with van der Waals surface area (Å²) >= 11 is 1.56. The van der Waals surface area contributed by atoms with Crippen molar-refractivity contribution in [3.63, 3.8) is 0 Å². The molecule has 0 saturated carbocycles. The molecule has 1 aromatic carbocycles. The van der Waals surface area contributed by atoms with Gasteiger partial charge in [-0.05, 0) is 32.3 Å². The van der Waals surface area contributed by atoms with Crippen LogP contribution >= 0.6 is 11.3 Å². The fraction of sp³-hybridized carbons (Fsp3) is 0.389. The van der Waals surface area contributed by atoms with E-state index in [0.717, 1.165) is 21.1 Å². The molecule has 1 heterocycles. The number of hydrogen-bond acceptors (Lipinski definition) is 4. The second-order valence-electron chi connectivity index (χ2n) is 5.90. The highest BCUT2D eigenvalue weighted by molar-refractivity contribution is 7.11. The van der Waals surface area contributed by atoms with Gasteiger partial charge in [0.1, 0.15) is 5.01 Å². The molecule has 0 aliphatic carbocycles. The molecule has 0 fully saturated rings. The summed E-state index contributed by atoms with van der Waals surface area (Å²) in [5, 5.41) is 15.4. The number of benzene rings is 1. The highest BCUT2D eigenvalue weighted by Gasteiger charge is 2.15. The van der Waals surface area contributed by atoms with Gasteiger partial charge in [-0.25, -0.2) is 9.78 Å². The number of thiazole rings is 1. The SMILES string of the molecule is Cc1nc(CNC(=O)NC(CCC(=O)O)Cc2ccccc2)sc1C.